The van der Waals surface area contributed by atoms with Crippen molar-refractivity contribution in [1.82, 2.24) is 15.5 Å². The molecule has 2 aromatic rings. The SMILES string of the molecule is Cc1c(O)cccc1C(=O)NCc1cn[nH]c1. The first-order valence-electron chi connectivity index (χ1n) is 5.23. The summed E-state index contributed by atoms with van der Waals surface area (Å²) in [5.41, 5.74) is 1.96. The Balaban J connectivity index is 2.07. The minimum absolute atomic E-state index is 0.126. The van der Waals surface area contributed by atoms with Gasteiger partial charge in [-0.25, -0.2) is 0 Å². The second kappa shape index (κ2) is 4.69. The van der Waals surface area contributed by atoms with Gasteiger partial charge < -0.3 is 10.4 Å². The number of hydrogen-bond acceptors (Lipinski definition) is 3. The van der Waals surface area contributed by atoms with Gasteiger partial charge in [0.05, 0.1) is 6.20 Å². The van der Waals surface area contributed by atoms with Crippen LogP contribution in [0.2, 0.25) is 0 Å². The molecule has 0 aliphatic rings. The summed E-state index contributed by atoms with van der Waals surface area (Å²) in [6, 6.07) is 4.89. The molecule has 0 atom stereocenters. The van der Waals surface area contributed by atoms with Gasteiger partial charge >= 0.3 is 0 Å². The smallest absolute Gasteiger partial charge is 0.251 e. The Labute approximate surface area is 98.5 Å². The van der Waals surface area contributed by atoms with Crippen LogP contribution in [0.5, 0.6) is 5.75 Å². The topological polar surface area (TPSA) is 78.0 Å². The highest BCUT2D eigenvalue weighted by molar-refractivity contribution is 5.96. The summed E-state index contributed by atoms with van der Waals surface area (Å²) in [6.07, 6.45) is 3.37. The van der Waals surface area contributed by atoms with Crippen molar-refractivity contribution in [3.8, 4) is 5.75 Å². The van der Waals surface area contributed by atoms with E-state index in [2.05, 4.69) is 15.5 Å². The fourth-order valence-electron chi connectivity index (χ4n) is 1.52. The first-order valence-corrected chi connectivity index (χ1v) is 5.23. The van der Waals surface area contributed by atoms with Crippen molar-refractivity contribution in [2.75, 3.05) is 0 Å². The molecule has 88 valence electrons. The maximum Gasteiger partial charge on any atom is 0.251 e. The number of aromatic hydroxyl groups is 1. The summed E-state index contributed by atoms with van der Waals surface area (Å²) in [4.78, 5) is 11.9. The molecule has 5 heteroatoms. The summed E-state index contributed by atoms with van der Waals surface area (Å²) in [6.45, 7) is 2.12. The number of benzene rings is 1. The molecule has 0 saturated carbocycles. The molecule has 0 aliphatic heterocycles. The molecule has 0 saturated heterocycles. The lowest BCUT2D eigenvalue weighted by atomic mass is 10.1. The molecule has 0 fully saturated rings. The van der Waals surface area contributed by atoms with Gasteiger partial charge in [-0.05, 0) is 19.1 Å². The standard InChI is InChI=1S/C12H13N3O2/c1-8-10(3-2-4-11(8)16)12(17)13-5-9-6-14-15-7-9/h2-4,6-7,16H,5H2,1H3,(H,13,17)(H,14,15). The van der Waals surface area contributed by atoms with Gasteiger partial charge in [0.1, 0.15) is 5.75 Å². The molecule has 1 aromatic carbocycles. The van der Waals surface area contributed by atoms with Crippen molar-refractivity contribution in [3.63, 3.8) is 0 Å². The number of nitrogens with one attached hydrogen (secondary N) is 2. The van der Waals surface area contributed by atoms with E-state index in [1.807, 2.05) is 0 Å². The van der Waals surface area contributed by atoms with E-state index >= 15 is 0 Å². The molecule has 0 bridgehead atoms. The third-order valence-electron chi connectivity index (χ3n) is 2.56. The highest BCUT2D eigenvalue weighted by Crippen LogP contribution is 2.19. The van der Waals surface area contributed by atoms with Crippen LogP contribution in [0.1, 0.15) is 21.5 Å². The number of phenolic OH excluding ortho intramolecular Hbond substituents is 1. The number of rotatable bonds is 3. The van der Waals surface area contributed by atoms with E-state index in [0.29, 0.717) is 17.7 Å². The number of carbonyl (C=O) groups excluding carboxylic acids is 1. The molecule has 3 N–H and O–H groups in total. The average molecular weight is 231 g/mol. The van der Waals surface area contributed by atoms with Gasteiger partial charge in [0, 0.05) is 29.4 Å². The second-order valence-corrected chi connectivity index (χ2v) is 3.74. The van der Waals surface area contributed by atoms with E-state index in [9.17, 15) is 9.90 Å². The summed E-state index contributed by atoms with van der Waals surface area (Å²) < 4.78 is 0. The highest BCUT2D eigenvalue weighted by Gasteiger charge is 2.10. The van der Waals surface area contributed by atoms with E-state index < -0.39 is 0 Å². The van der Waals surface area contributed by atoms with Crippen LogP contribution < -0.4 is 5.32 Å². The van der Waals surface area contributed by atoms with E-state index in [1.165, 1.54) is 0 Å². The molecule has 1 heterocycles. The number of carbonyl (C=O) groups is 1. The summed E-state index contributed by atoms with van der Waals surface area (Å²) >= 11 is 0. The van der Waals surface area contributed by atoms with Crippen LogP contribution in [0.3, 0.4) is 0 Å². The van der Waals surface area contributed by atoms with E-state index in [4.69, 9.17) is 0 Å². The molecule has 5 nitrogen and oxygen atoms in total. The molecule has 2 rings (SSSR count). The fourth-order valence-corrected chi connectivity index (χ4v) is 1.52. The molecular formula is C12H13N3O2. The van der Waals surface area contributed by atoms with Gasteiger partial charge in [-0.15, -0.1) is 0 Å². The van der Waals surface area contributed by atoms with Crippen LogP contribution in [0.15, 0.2) is 30.6 Å². The Morgan fingerprint density at radius 2 is 2.35 bits per heavy atom. The molecule has 0 radical (unpaired) electrons. The van der Waals surface area contributed by atoms with E-state index in [-0.39, 0.29) is 11.7 Å². The predicted molar refractivity (Wildman–Crippen MR) is 62.6 cm³/mol. The first kappa shape index (κ1) is 11.2. The maximum absolute atomic E-state index is 11.9. The third kappa shape index (κ3) is 2.44. The highest BCUT2D eigenvalue weighted by atomic mass is 16.3. The van der Waals surface area contributed by atoms with Gasteiger partial charge in [-0.1, -0.05) is 6.07 Å². The normalized spacial score (nSPS) is 10.2. The number of phenols is 1. The number of H-pyrrole nitrogens is 1. The van der Waals surface area contributed by atoms with Crippen LogP contribution in [0.25, 0.3) is 0 Å². The van der Waals surface area contributed by atoms with Crippen molar-refractivity contribution in [3.05, 3.63) is 47.3 Å². The zero-order valence-electron chi connectivity index (χ0n) is 9.40. The summed E-state index contributed by atoms with van der Waals surface area (Å²) in [5, 5.41) is 18.7. The van der Waals surface area contributed by atoms with Crippen LogP contribution in [-0.4, -0.2) is 21.2 Å². The van der Waals surface area contributed by atoms with Crippen LogP contribution in [0, 0.1) is 6.92 Å². The molecule has 0 spiro atoms. The van der Waals surface area contributed by atoms with Gasteiger partial charge in [-0.3, -0.25) is 9.89 Å². The molecule has 1 amide bonds. The lowest BCUT2D eigenvalue weighted by molar-refractivity contribution is 0.0950. The van der Waals surface area contributed by atoms with Crippen molar-refractivity contribution in [2.24, 2.45) is 0 Å². The Morgan fingerprint density at radius 1 is 1.53 bits per heavy atom. The van der Waals surface area contributed by atoms with Gasteiger partial charge in [0.2, 0.25) is 0 Å². The number of amides is 1. The predicted octanol–water partition coefficient (Wildman–Crippen LogP) is 1.35. The van der Waals surface area contributed by atoms with Crippen molar-refractivity contribution in [1.29, 1.82) is 0 Å². The number of aromatic amines is 1. The third-order valence-corrected chi connectivity index (χ3v) is 2.56. The van der Waals surface area contributed by atoms with E-state index in [0.717, 1.165) is 5.56 Å². The Bertz CT molecular complexity index is 521. The summed E-state index contributed by atoms with van der Waals surface area (Å²) in [5.74, 6) is -0.0828. The minimum Gasteiger partial charge on any atom is -0.508 e. The largest absolute Gasteiger partial charge is 0.508 e. The quantitative estimate of drug-likeness (QED) is 0.746. The Kier molecular flexibility index (Phi) is 3.09. The Hall–Kier alpha value is -2.30. The molecule has 0 unspecified atom stereocenters. The Morgan fingerprint density at radius 3 is 3.06 bits per heavy atom. The number of hydrogen-bond donors (Lipinski definition) is 3. The average Bonchev–Trinajstić information content (AvgIpc) is 2.82. The van der Waals surface area contributed by atoms with Crippen LogP contribution >= 0.6 is 0 Å². The maximum atomic E-state index is 11.9. The van der Waals surface area contributed by atoms with Crippen molar-refractivity contribution in [2.45, 2.75) is 13.5 Å². The molecule has 1 aromatic heterocycles. The van der Waals surface area contributed by atoms with Crippen molar-refractivity contribution < 1.29 is 9.90 Å². The van der Waals surface area contributed by atoms with Gasteiger partial charge in [0.15, 0.2) is 0 Å². The lowest BCUT2D eigenvalue weighted by Crippen LogP contribution is -2.23. The van der Waals surface area contributed by atoms with Crippen molar-refractivity contribution >= 4 is 5.91 Å². The zero-order valence-corrected chi connectivity index (χ0v) is 9.40. The number of nitrogens with zero attached hydrogens (tertiary/aromatic N) is 1. The molecule has 17 heavy (non-hydrogen) atoms. The van der Waals surface area contributed by atoms with Crippen LogP contribution in [-0.2, 0) is 6.54 Å². The first-order chi connectivity index (χ1) is 8.18. The molecular weight excluding hydrogens is 218 g/mol. The zero-order chi connectivity index (χ0) is 12.3. The second-order valence-electron chi connectivity index (χ2n) is 3.74. The number of aromatic nitrogens is 2. The minimum atomic E-state index is -0.209. The van der Waals surface area contributed by atoms with E-state index in [1.54, 1.807) is 37.5 Å². The fraction of sp³-hybridized carbons (Fsp3) is 0.167. The van der Waals surface area contributed by atoms with Gasteiger partial charge in [0.25, 0.3) is 5.91 Å². The summed E-state index contributed by atoms with van der Waals surface area (Å²) in [7, 11) is 0. The van der Waals surface area contributed by atoms with Gasteiger partial charge in [-0.2, -0.15) is 5.10 Å². The van der Waals surface area contributed by atoms with Crippen LogP contribution in [0.4, 0.5) is 0 Å². The molecule has 0 aliphatic carbocycles. The monoisotopic (exact) mass is 231 g/mol. The lowest BCUT2D eigenvalue weighted by Gasteiger charge is -2.07.